The monoisotopic (exact) mass is 558 g/mol. The lowest BCUT2D eigenvalue weighted by molar-refractivity contribution is 0.0959. The first-order chi connectivity index (χ1) is 20.7. The van der Waals surface area contributed by atoms with Gasteiger partial charge in [-0.15, -0.1) is 0 Å². The molecular formula is C37H42N4O. The Hall–Kier alpha value is -3.93. The minimum atomic E-state index is -0.419. The third-order valence-corrected chi connectivity index (χ3v) is 8.70. The zero-order valence-electron chi connectivity index (χ0n) is 24.4. The predicted octanol–water partition coefficient (Wildman–Crippen LogP) is 6.76. The van der Waals surface area contributed by atoms with E-state index in [1.165, 1.54) is 35.2 Å². The topological polar surface area (TPSA) is 44.5 Å². The van der Waals surface area contributed by atoms with Gasteiger partial charge in [0.2, 0.25) is 0 Å². The minimum Gasteiger partial charge on any atom is -0.390 e. The molecule has 1 N–H and O–H groups in total. The zero-order chi connectivity index (χ0) is 28.6. The van der Waals surface area contributed by atoms with Gasteiger partial charge in [-0.2, -0.15) is 0 Å². The Bertz CT molecular complexity index is 1490. The van der Waals surface area contributed by atoms with Gasteiger partial charge in [-0.1, -0.05) is 97.4 Å². The molecule has 1 atom stereocenters. The molecule has 0 aliphatic carbocycles. The van der Waals surface area contributed by atoms with Crippen LogP contribution in [-0.2, 0) is 13.0 Å². The van der Waals surface area contributed by atoms with E-state index in [1.54, 1.807) is 0 Å². The number of imidazole rings is 1. The van der Waals surface area contributed by atoms with Crippen molar-refractivity contribution in [1.82, 2.24) is 14.5 Å². The van der Waals surface area contributed by atoms with Gasteiger partial charge in [-0.3, -0.25) is 4.90 Å². The summed E-state index contributed by atoms with van der Waals surface area (Å²) in [6.45, 7) is 5.16. The molecule has 1 aliphatic rings. The van der Waals surface area contributed by atoms with E-state index in [4.69, 9.17) is 0 Å². The van der Waals surface area contributed by atoms with Crippen LogP contribution in [0, 0.1) is 0 Å². The fourth-order valence-corrected chi connectivity index (χ4v) is 6.50. The SMILES string of the molecule is OC(CN1CCN(c2ccccc2CCCCC(c2ccccc2)c2ccccc2)CC1)Cn1cnc2ccccc21. The van der Waals surface area contributed by atoms with Gasteiger partial charge in [0.15, 0.2) is 0 Å². The minimum absolute atomic E-state index is 0.419. The Labute approximate surface area is 250 Å². The molecule has 216 valence electrons. The molecule has 0 amide bonds. The fraction of sp³-hybridized carbons (Fsp3) is 0.324. The van der Waals surface area contributed by atoms with Crippen molar-refractivity contribution in [2.24, 2.45) is 0 Å². The van der Waals surface area contributed by atoms with Gasteiger partial charge >= 0.3 is 0 Å². The van der Waals surface area contributed by atoms with Crippen LogP contribution < -0.4 is 4.90 Å². The summed E-state index contributed by atoms with van der Waals surface area (Å²) in [6, 6.07) is 39.0. The Kier molecular flexibility index (Phi) is 9.28. The van der Waals surface area contributed by atoms with Gasteiger partial charge in [-0.25, -0.2) is 4.98 Å². The highest BCUT2D eigenvalue weighted by atomic mass is 16.3. The van der Waals surface area contributed by atoms with Crippen molar-refractivity contribution in [3.05, 3.63) is 132 Å². The Balaban J connectivity index is 1.00. The Morgan fingerprint density at radius 1 is 0.667 bits per heavy atom. The van der Waals surface area contributed by atoms with Crippen molar-refractivity contribution in [3.8, 4) is 0 Å². The number of benzene rings is 4. The van der Waals surface area contributed by atoms with Gasteiger partial charge in [0.05, 0.1) is 30.0 Å². The molecule has 1 aliphatic heterocycles. The van der Waals surface area contributed by atoms with Crippen LogP contribution in [0.2, 0.25) is 0 Å². The summed E-state index contributed by atoms with van der Waals surface area (Å²) >= 11 is 0. The summed E-state index contributed by atoms with van der Waals surface area (Å²) in [6.07, 6.45) is 6.06. The number of piperazine rings is 1. The largest absolute Gasteiger partial charge is 0.390 e. The number of aliphatic hydroxyl groups is 1. The van der Waals surface area contributed by atoms with Gasteiger partial charge in [-0.05, 0) is 54.2 Å². The molecule has 2 heterocycles. The molecule has 0 spiro atoms. The third kappa shape index (κ3) is 6.92. The number of rotatable bonds is 12. The van der Waals surface area contributed by atoms with E-state index >= 15 is 0 Å². The van der Waals surface area contributed by atoms with E-state index in [1.807, 2.05) is 24.5 Å². The molecule has 1 unspecified atom stereocenters. The van der Waals surface area contributed by atoms with Crippen LogP contribution in [-0.4, -0.2) is 58.4 Å². The molecule has 5 aromatic rings. The molecule has 1 aromatic heterocycles. The highest BCUT2D eigenvalue weighted by Gasteiger charge is 2.21. The first-order valence-corrected chi connectivity index (χ1v) is 15.5. The van der Waals surface area contributed by atoms with Crippen molar-refractivity contribution in [2.75, 3.05) is 37.6 Å². The lowest BCUT2D eigenvalue weighted by Crippen LogP contribution is -2.49. The summed E-state index contributed by atoms with van der Waals surface area (Å²) in [5.41, 5.74) is 7.70. The third-order valence-electron chi connectivity index (χ3n) is 8.70. The van der Waals surface area contributed by atoms with Crippen molar-refractivity contribution in [3.63, 3.8) is 0 Å². The van der Waals surface area contributed by atoms with Gasteiger partial charge < -0.3 is 14.6 Å². The van der Waals surface area contributed by atoms with E-state index in [9.17, 15) is 5.11 Å². The van der Waals surface area contributed by atoms with Crippen LogP contribution in [0.1, 0.15) is 41.9 Å². The van der Waals surface area contributed by atoms with Crippen LogP contribution in [0.3, 0.4) is 0 Å². The number of nitrogens with zero attached hydrogens (tertiary/aromatic N) is 4. The van der Waals surface area contributed by atoms with Gasteiger partial charge in [0.25, 0.3) is 0 Å². The molecular weight excluding hydrogens is 516 g/mol. The van der Waals surface area contributed by atoms with Crippen LogP contribution in [0.4, 0.5) is 5.69 Å². The van der Waals surface area contributed by atoms with E-state index < -0.39 is 6.10 Å². The fourth-order valence-electron chi connectivity index (χ4n) is 6.50. The number of hydrogen-bond donors (Lipinski definition) is 1. The number of anilines is 1. The highest BCUT2D eigenvalue weighted by Crippen LogP contribution is 2.31. The first kappa shape index (κ1) is 28.2. The van der Waals surface area contributed by atoms with E-state index in [0.29, 0.717) is 19.0 Å². The number of unbranched alkanes of at least 4 members (excludes halogenated alkanes) is 1. The lowest BCUT2D eigenvalue weighted by atomic mass is 9.86. The number of hydrogen-bond acceptors (Lipinski definition) is 4. The summed E-state index contributed by atoms with van der Waals surface area (Å²) in [4.78, 5) is 9.40. The standard InChI is InChI=1S/C37H42N4O/c42-33(28-41-29-38-35-20-10-12-22-37(35)41)27-39-23-25-40(26-24-39)36-21-11-8-18-32(36)17-7-9-19-34(30-13-3-1-4-14-30)31-15-5-2-6-16-31/h1-6,8,10-16,18,20-22,29,33-34,42H,7,9,17,19,23-28H2. The molecule has 5 nitrogen and oxygen atoms in total. The molecule has 1 fully saturated rings. The molecule has 0 saturated carbocycles. The number of aryl methyl sites for hydroxylation is 1. The van der Waals surface area contributed by atoms with E-state index in [2.05, 4.69) is 110 Å². The second-order valence-electron chi connectivity index (χ2n) is 11.6. The Morgan fingerprint density at radius 3 is 2.05 bits per heavy atom. The van der Waals surface area contributed by atoms with Crippen molar-refractivity contribution >= 4 is 16.7 Å². The van der Waals surface area contributed by atoms with Crippen LogP contribution in [0.25, 0.3) is 11.0 Å². The Morgan fingerprint density at radius 2 is 1.31 bits per heavy atom. The second-order valence-corrected chi connectivity index (χ2v) is 11.6. The van der Waals surface area contributed by atoms with Crippen molar-refractivity contribution in [2.45, 2.75) is 44.2 Å². The second kappa shape index (κ2) is 13.8. The maximum Gasteiger partial charge on any atom is 0.0959 e. The van der Waals surface area contributed by atoms with Crippen LogP contribution >= 0.6 is 0 Å². The molecule has 42 heavy (non-hydrogen) atoms. The molecule has 5 heteroatoms. The molecule has 1 saturated heterocycles. The smallest absolute Gasteiger partial charge is 0.0959 e. The van der Waals surface area contributed by atoms with E-state index in [-0.39, 0.29) is 0 Å². The number of aliphatic hydroxyl groups excluding tert-OH is 1. The molecule has 0 radical (unpaired) electrons. The average molecular weight is 559 g/mol. The summed E-state index contributed by atoms with van der Waals surface area (Å²) < 4.78 is 2.06. The van der Waals surface area contributed by atoms with E-state index in [0.717, 1.165) is 50.1 Å². The summed E-state index contributed by atoms with van der Waals surface area (Å²) in [7, 11) is 0. The molecule has 6 rings (SSSR count). The van der Waals surface area contributed by atoms with Crippen molar-refractivity contribution < 1.29 is 5.11 Å². The first-order valence-electron chi connectivity index (χ1n) is 15.5. The molecule has 4 aromatic carbocycles. The normalized spacial score (nSPS) is 15.0. The van der Waals surface area contributed by atoms with Gasteiger partial charge in [0, 0.05) is 44.3 Å². The molecule has 0 bridgehead atoms. The van der Waals surface area contributed by atoms with Crippen LogP contribution in [0.5, 0.6) is 0 Å². The zero-order valence-corrected chi connectivity index (χ0v) is 24.4. The predicted molar refractivity (Wildman–Crippen MR) is 173 cm³/mol. The number of β-amino-alcohol motifs (C(OH)–C–C–N with tert-alkyl or cyclic N) is 1. The highest BCUT2D eigenvalue weighted by molar-refractivity contribution is 5.74. The van der Waals surface area contributed by atoms with Gasteiger partial charge in [0.1, 0.15) is 0 Å². The summed E-state index contributed by atoms with van der Waals surface area (Å²) in [5, 5.41) is 10.9. The summed E-state index contributed by atoms with van der Waals surface area (Å²) in [5.74, 6) is 0.443. The maximum absolute atomic E-state index is 10.9. The quantitative estimate of drug-likeness (QED) is 0.172. The lowest BCUT2D eigenvalue weighted by Gasteiger charge is -2.37. The van der Waals surface area contributed by atoms with Crippen LogP contribution in [0.15, 0.2) is 116 Å². The number of para-hydroxylation sites is 3. The number of fused-ring (bicyclic) bond motifs is 1. The number of aromatic nitrogens is 2. The maximum atomic E-state index is 10.9. The van der Waals surface area contributed by atoms with Crippen molar-refractivity contribution in [1.29, 1.82) is 0 Å². The average Bonchev–Trinajstić information content (AvgIpc) is 3.45.